The number of rotatable bonds is 4. The third-order valence-electron chi connectivity index (χ3n) is 3.38. The molecule has 0 spiro atoms. The normalized spacial score (nSPS) is 10.6. The van der Waals surface area contributed by atoms with Crippen molar-refractivity contribution >= 4 is 16.7 Å². The summed E-state index contributed by atoms with van der Waals surface area (Å²) < 4.78 is 0. The molecule has 0 fully saturated rings. The molecule has 3 aromatic rings. The lowest BCUT2D eigenvalue weighted by Crippen LogP contribution is -2.24. The maximum Gasteiger partial charge on any atom is 0.224 e. The smallest absolute Gasteiger partial charge is 0.224 e. The molecule has 1 amide bonds. The van der Waals surface area contributed by atoms with Crippen molar-refractivity contribution in [1.82, 2.24) is 10.3 Å². The standard InChI is InChI=1S/C17H16N2O/c20-17(19-12-13-8-9-18-11-13)10-15-6-3-5-14-4-1-2-7-16(14)15/h1-9,11,18H,10,12H2,(H,19,20). The largest absolute Gasteiger partial charge is 0.367 e. The van der Waals surface area contributed by atoms with Crippen LogP contribution in [0.5, 0.6) is 0 Å². The van der Waals surface area contributed by atoms with Crippen LogP contribution in [0.25, 0.3) is 10.8 Å². The van der Waals surface area contributed by atoms with E-state index in [1.165, 1.54) is 5.39 Å². The summed E-state index contributed by atoms with van der Waals surface area (Å²) in [5, 5.41) is 5.25. The van der Waals surface area contributed by atoms with Gasteiger partial charge in [-0.3, -0.25) is 4.79 Å². The van der Waals surface area contributed by atoms with Gasteiger partial charge in [-0.25, -0.2) is 0 Å². The molecule has 100 valence electrons. The number of carbonyl (C=O) groups is 1. The van der Waals surface area contributed by atoms with Crippen molar-refractivity contribution in [1.29, 1.82) is 0 Å². The molecule has 1 heterocycles. The molecule has 2 aromatic carbocycles. The highest BCUT2D eigenvalue weighted by Gasteiger charge is 2.06. The van der Waals surface area contributed by atoms with E-state index in [0.29, 0.717) is 13.0 Å². The quantitative estimate of drug-likeness (QED) is 0.747. The van der Waals surface area contributed by atoms with E-state index in [1.54, 1.807) is 0 Å². The van der Waals surface area contributed by atoms with Crippen LogP contribution in [0.3, 0.4) is 0 Å². The first-order valence-corrected chi connectivity index (χ1v) is 6.68. The van der Waals surface area contributed by atoms with Crippen LogP contribution in [0.4, 0.5) is 0 Å². The van der Waals surface area contributed by atoms with E-state index in [-0.39, 0.29) is 5.91 Å². The summed E-state index contributed by atoms with van der Waals surface area (Å²) in [7, 11) is 0. The van der Waals surface area contributed by atoms with E-state index in [9.17, 15) is 4.79 Å². The lowest BCUT2D eigenvalue weighted by molar-refractivity contribution is -0.120. The van der Waals surface area contributed by atoms with E-state index in [4.69, 9.17) is 0 Å². The fourth-order valence-electron chi connectivity index (χ4n) is 2.35. The van der Waals surface area contributed by atoms with Gasteiger partial charge >= 0.3 is 0 Å². The van der Waals surface area contributed by atoms with Crippen LogP contribution in [0.15, 0.2) is 60.9 Å². The number of aromatic nitrogens is 1. The topological polar surface area (TPSA) is 44.9 Å². The molecular weight excluding hydrogens is 248 g/mol. The van der Waals surface area contributed by atoms with Gasteiger partial charge in [-0.2, -0.15) is 0 Å². The van der Waals surface area contributed by atoms with Gasteiger partial charge in [0.05, 0.1) is 6.42 Å². The van der Waals surface area contributed by atoms with Gasteiger partial charge in [-0.1, -0.05) is 42.5 Å². The zero-order valence-electron chi connectivity index (χ0n) is 11.1. The summed E-state index contributed by atoms with van der Waals surface area (Å²) in [5.41, 5.74) is 2.14. The Morgan fingerprint density at radius 3 is 2.75 bits per heavy atom. The van der Waals surface area contributed by atoms with Crippen molar-refractivity contribution in [2.24, 2.45) is 0 Å². The molecule has 0 atom stereocenters. The highest BCUT2D eigenvalue weighted by molar-refractivity contribution is 5.90. The second kappa shape index (κ2) is 5.61. The number of hydrogen-bond acceptors (Lipinski definition) is 1. The van der Waals surface area contributed by atoms with Crippen LogP contribution in [-0.2, 0) is 17.8 Å². The number of amides is 1. The van der Waals surface area contributed by atoms with Crippen molar-refractivity contribution in [3.8, 4) is 0 Å². The molecule has 1 aromatic heterocycles. The molecular formula is C17H16N2O. The van der Waals surface area contributed by atoms with Gasteiger partial charge in [-0.15, -0.1) is 0 Å². The Bertz CT molecular complexity index is 711. The van der Waals surface area contributed by atoms with E-state index < -0.39 is 0 Å². The SMILES string of the molecule is O=C(Cc1cccc2ccccc12)NCc1cc[nH]c1. The number of benzene rings is 2. The summed E-state index contributed by atoms with van der Waals surface area (Å²) in [6.07, 6.45) is 4.15. The summed E-state index contributed by atoms with van der Waals surface area (Å²) in [4.78, 5) is 15.0. The summed E-state index contributed by atoms with van der Waals surface area (Å²) >= 11 is 0. The van der Waals surface area contributed by atoms with Crippen molar-refractivity contribution < 1.29 is 4.79 Å². The van der Waals surface area contributed by atoms with E-state index in [2.05, 4.69) is 28.5 Å². The van der Waals surface area contributed by atoms with Crippen LogP contribution in [0, 0.1) is 0 Å². The Kier molecular flexibility index (Phi) is 3.50. The first kappa shape index (κ1) is 12.5. The molecule has 3 heteroatoms. The number of hydrogen-bond donors (Lipinski definition) is 2. The molecule has 0 saturated heterocycles. The Morgan fingerprint density at radius 2 is 1.90 bits per heavy atom. The maximum absolute atomic E-state index is 12.0. The Balaban J connectivity index is 1.71. The number of H-pyrrole nitrogens is 1. The van der Waals surface area contributed by atoms with Crippen LogP contribution in [-0.4, -0.2) is 10.9 Å². The molecule has 0 aliphatic carbocycles. The lowest BCUT2D eigenvalue weighted by Gasteiger charge is -2.07. The number of carbonyl (C=O) groups excluding carboxylic acids is 1. The zero-order valence-corrected chi connectivity index (χ0v) is 11.1. The Hall–Kier alpha value is -2.55. The minimum absolute atomic E-state index is 0.0440. The maximum atomic E-state index is 12.0. The fourth-order valence-corrected chi connectivity index (χ4v) is 2.35. The van der Waals surface area contributed by atoms with Gasteiger partial charge in [-0.05, 0) is 28.0 Å². The Morgan fingerprint density at radius 1 is 1.05 bits per heavy atom. The summed E-state index contributed by atoms with van der Waals surface area (Å²) in [6.45, 7) is 0.563. The van der Waals surface area contributed by atoms with Crippen LogP contribution < -0.4 is 5.32 Å². The third-order valence-corrected chi connectivity index (χ3v) is 3.38. The monoisotopic (exact) mass is 264 g/mol. The van der Waals surface area contributed by atoms with Gasteiger partial charge in [0.25, 0.3) is 0 Å². The molecule has 0 aliphatic heterocycles. The highest BCUT2D eigenvalue weighted by Crippen LogP contribution is 2.18. The number of aromatic amines is 1. The Labute approximate surface area is 117 Å². The average molecular weight is 264 g/mol. The van der Waals surface area contributed by atoms with E-state index >= 15 is 0 Å². The minimum atomic E-state index is 0.0440. The van der Waals surface area contributed by atoms with Crippen molar-refractivity contribution in [3.63, 3.8) is 0 Å². The van der Waals surface area contributed by atoms with E-state index in [1.807, 2.05) is 42.7 Å². The molecule has 3 rings (SSSR count). The van der Waals surface area contributed by atoms with Gasteiger partial charge in [0.15, 0.2) is 0 Å². The predicted octanol–water partition coefficient (Wildman–Crippen LogP) is 3.03. The van der Waals surface area contributed by atoms with Crippen molar-refractivity contribution in [2.75, 3.05) is 0 Å². The first-order valence-electron chi connectivity index (χ1n) is 6.68. The van der Waals surface area contributed by atoms with Crippen LogP contribution in [0.2, 0.25) is 0 Å². The van der Waals surface area contributed by atoms with Gasteiger partial charge in [0.1, 0.15) is 0 Å². The zero-order chi connectivity index (χ0) is 13.8. The average Bonchev–Trinajstić information content (AvgIpc) is 2.99. The van der Waals surface area contributed by atoms with Crippen molar-refractivity contribution in [3.05, 3.63) is 72.1 Å². The van der Waals surface area contributed by atoms with Gasteiger partial charge in [0, 0.05) is 18.9 Å². The predicted molar refractivity (Wildman–Crippen MR) is 80.3 cm³/mol. The fraction of sp³-hybridized carbons (Fsp3) is 0.118. The highest BCUT2D eigenvalue weighted by atomic mass is 16.1. The summed E-state index contributed by atoms with van der Waals surface area (Å²) in [5.74, 6) is 0.0440. The van der Waals surface area contributed by atoms with Crippen LogP contribution >= 0.6 is 0 Å². The molecule has 0 saturated carbocycles. The third kappa shape index (κ3) is 2.72. The van der Waals surface area contributed by atoms with Gasteiger partial charge < -0.3 is 10.3 Å². The van der Waals surface area contributed by atoms with Crippen LogP contribution in [0.1, 0.15) is 11.1 Å². The second-order valence-corrected chi connectivity index (χ2v) is 4.81. The molecule has 3 nitrogen and oxygen atoms in total. The summed E-state index contributed by atoms with van der Waals surface area (Å²) in [6, 6.07) is 16.2. The van der Waals surface area contributed by atoms with Crippen molar-refractivity contribution in [2.45, 2.75) is 13.0 Å². The first-order chi connectivity index (χ1) is 9.83. The van der Waals surface area contributed by atoms with Gasteiger partial charge in [0.2, 0.25) is 5.91 Å². The molecule has 20 heavy (non-hydrogen) atoms. The second-order valence-electron chi connectivity index (χ2n) is 4.81. The number of fused-ring (bicyclic) bond motifs is 1. The minimum Gasteiger partial charge on any atom is -0.367 e. The molecule has 0 bridgehead atoms. The molecule has 0 radical (unpaired) electrons. The number of nitrogens with one attached hydrogen (secondary N) is 2. The molecule has 0 unspecified atom stereocenters. The molecule has 0 aliphatic rings. The lowest BCUT2D eigenvalue weighted by atomic mass is 10.0. The van der Waals surface area contributed by atoms with E-state index in [0.717, 1.165) is 16.5 Å². The molecule has 2 N–H and O–H groups in total.